The van der Waals surface area contributed by atoms with E-state index in [0.29, 0.717) is 5.92 Å². The quantitative estimate of drug-likeness (QED) is 0.632. The zero-order valence-electron chi connectivity index (χ0n) is 14.9. The molecule has 2 atom stereocenters. The predicted octanol–water partition coefficient (Wildman–Crippen LogP) is -0.123. The number of hydrogen-bond acceptors (Lipinski definition) is 6. The molecule has 26 heavy (non-hydrogen) atoms. The van der Waals surface area contributed by atoms with Crippen LogP contribution in [0.25, 0.3) is 0 Å². The second-order valence-corrected chi connectivity index (χ2v) is 9.40. The number of benzene rings is 1. The number of piperidine rings is 1. The Morgan fingerprint density at radius 1 is 1.15 bits per heavy atom. The van der Waals surface area contributed by atoms with Crippen molar-refractivity contribution in [2.75, 3.05) is 39.3 Å². The van der Waals surface area contributed by atoms with Crippen molar-refractivity contribution in [3.8, 4) is 0 Å². The van der Waals surface area contributed by atoms with E-state index in [1.807, 2.05) is 0 Å². The molecule has 146 valence electrons. The van der Waals surface area contributed by atoms with Crippen molar-refractivity contribution < 1.29 is 23.7 Å². The van der Waals surface area contributed by atoms with Gasteiger partial charge in [-0.15, -0.1) is 0 Å². The Balaban J connectivity index is 1.64. The van der Waals surface area contributed by atoms with Gasteiger partial charge in [0.2, 0.25) is 10.0 Å². The van der Waals surface area contributed by atoms with Gasteiger partial charge in [0, 0.05) is 26.2 Å². The van der Waals surface area contributed by atoms with E-state index in [-0.39, 0.29) is 31.1 Å². The van der Waals surface area contributed by atoms with Crippen molar-refractivity contribution >= 4 is 10.0 Å². The molecule has 0 aromatic heterocycles. The molecule has 0 amide bonds. The summed E-state index contributed by atoms with van der Waals surface area (Å²) in [5, 5.41) is 30.3. The van der Waals surface area contributed by atoms with Gasteiger partial charge in [0.25, 0.3) is 0 Å². The lowest BCUT2D eigenvalue weighted by molar-refractivity contribution is -0.0654. The summed E-state index contributed by atoms with van der Waals surface area (Å²) < 4.78 is 26.7. The monoisotopic (exact) mass is 384 g/mol. The summed E-state index contributed by atoms with van der Waals surface area (Å²) in [6.07, 6.45) is 1.57. The van der Waals surface area contributed by atoms with Crippen LogP contribution in [0.3, 0.4) is 0 Å². The van der Waals surface area contributed by atoms with Gasteiger partial charge in [0.05, 0.1) is 11.0 Å². The van der Waals surface area contributed by atoms with Gasteiger partial charge in [-0.2, -0.15) is 4.31 Å². The second-order valence-electron chi connectivity index (χ2n) is 7.46. The highest BCUT2D eigenvalue weighted by Crippen LogP contribution is 2.30. The van der Waals surface area contributed by atoms with Crippen molar-refractivity contribution in [3.63, 3.8) is 0 Å². The van der Waals surface area contributed by atoms with Gasteiger partial charge in [0.15, 0.2) is 0 Å². The lowest BCUT2D eigenvalue weighted by atomic mass is 9.92. The standard InChI is InChI=1S/C18H28N2O5S/c21-11-8-15-6-9-19(10-7-15)13-18(23)14-20(12-17(18)22)26(24,25)16-4-2-1-3-5-16/h1-5,15,17,21-23H,6-14H2/t17-,18+/m1/s1. The zero-order valence-corrected chi connectivity index (χ0v) is 15.7. The Morgan fingerprint density at radius 2 is 1.81 bits per heavy atom. The van der Waals surface area contributed by atoms with Gasteiger partial charge in [-0.25, -0.2) is 8.42 Å². The summed E-state index contributed by atoms with van der Waals surface area (Å²) in [7, 11) is -3.73. The van der Waals surface area contributed by atoms with E-state index in [4.69, 9.17) is 5.11 Å². The normalized spacial score (nSPS) is 29.3. The summed E-state index contributed by atoms with van der Waals surface area (Å²) in [6.45, 7) is 1.80. The molecule has 2 aliphatic rings. The Hall–Kier alpha value is -1.03. The molecule has 2 saturated heterocycles. The van der Waals surface area contributed by atoms with Gasteiger partial charge >= 0.3 is 0 Å². The molecule has 8 heteroatoms. The predicted molar refractivity (Wildman–Crippen MR) is 97.0 cm³/mol. The summed E-state index contributed by atoms with van der Waals surface area (Å²) in [4.78, 5) is 2.25. The molecule has 2 aliphatic heterocycles. The van der Waals surface area contributed by atoms with Gasteiger partial charge in [0.1, 0.15) is 5.60 Å². The van der Waals surface area contributed by atoms with Crippen molar-refractivity contribution in [3.05, 3.63) is 30.3 Å². The molecule has 0 saturated carbocycles. The van der Waals surface area contributed by atoms with Crippen molar-refractivity contribution in [2.45, 2.75) is 35.9 Å². The van der Waals surface area contributed by atoms with Crippen LogP contribution in [0, 0.1) is 5.92 Å². The molecule has 0 radical (unpaired) electrons. The molecule has 1 aromatic rings. The van der Waals surface area contributed by atoms with Crippen molar-refractivity contribution in [1.82, 2.24) is 9.21 Å². The maximum absolute atomic E-state index is 12.7. The molecule has 2 heterocycles. The first-order valence-corrected chi connectivity index (χ1v) is 10.6. The number of hydrogen-bond donors (Lipinski definition) is 3. The fourth-order valence-electron chi connectivity index (χ4n) is 3.92. The molecule has 2 fully saturated rings. The van der Waals surface area contributed by atoms with Gasteiger partial charge in [-0.1, -0.05) is 18.2 Å². The van der Waals surface area contributed by atoms with E-state index < -0.39 is 21.7 Å². The Morgan fingerprint density at radius 3 is 2.42 bits per heavy atom. The summed E-state index contributed by atoms with van der Waals surface area (Å²) >= 11 is 0. The summed E-state index contributed by atoms with van der Waals surface area (Å²) in [6, 6.07) is 8.09. The van der Waals surface area contributed by atoms with Crippen LogP contribution in [0.15, 0.2) is 35.2 Å². The smallest absolute Gasteiger partial charge is 0.243 e. The number of rotatable bonds is 6. The minimum Gasteiger partial charge on any atom is -0.396 e. The largest absolute Gasteiger partial charge is 0.396 e. The average molecular weight is 384 g/mol. The third-order valence-corrected chi connectivity index (χ3v) is 7.40. The maximum Gasteiger partial charge on any atom is 0.243 e. The van der Waals surface area contributed by atoms with Crippen LogP contribution in [0.5, 0.6) is 0 Å². The molecule has 3 rings (SSSR count). The Kier molecular flexibility index (Phi) is 6.01. The van der Waals surface area contributed by atoms with Crippen LogP contribution in [-0.2, 0) is 10.0 Å². The van der Waals surface area contributed by atoms with Crippen LogP contribution in [0.4, 0.5) is 0 Å². The maximum atomic E-state index is 12.7. The fraction of sp³-hybridized carbons (Fsp3) is 0.667. The average Bonchev–Trinajstić information content (AvgIpc) is 2.93. The molecule has 0 unspecified atom stereocenters. The van der Waals surface area contributed by atoms with Crippen LogP contribution < -0.4 is 0 Å². The van der Waals surface area contributed by atoms with Crippen molar-refractivity contribution in [2.24, 2.45) is 5.92 Å². The van der Waals surface area contributed by atoms with E-state index in [1.54, 1.807) is 18.2 Å². The number of aliphatic hydroxyl groups is 3. The van der Waals surface area contributed by atoms with Gasteiger partial charge < -0.3 is 20.2 Å². The first kappa shape index (κ1) is 19.7. The Bertz CT molecular complexity index is 691. The summed E-state index contributed by atoms with van der Waals surface area (Å²) in [5.41, 5.74) is -1.47. The van der Waals surface area contributed by atoms with E-state index in [0.717, 1.165) is 32.4 Å². The fourth-order valence-corrected chi connectivity index (χ4v) is 5.45. The van der Waals surface area contributed by atoms with E-state index in [2.05, 4.69) is 4.90 Å². The topological polar surface area (TPSA) is 101 Å². The highest BCUT2D eigenvalue weighted by atomic mass is 32.2. The van der Waals surface area contributed by atoms with Crippen LogP contribution in [-0.4, -0.2) is 84.0 Å². The van der Waals surface area contributed by atoms with E-state index >= 15 is 0 Å². The third-order valence-electron chi connectivity index (χ3n) is 5.57. The molecule has 0 aliphatic carbocycles. The number of aliphatic hydroxyl groups excluding tert-OH is 2. The highest BCUT2D eigenvalue weighted by Gasteiger charge is 2.49. The second kappa shape index (κ2) is 7.92. The summed E-state index contributed by atoms with van der Waals surface area (Å²) in [5.74, 6) is 0.495. The van der Waals surface area contributed by atoms with Crippen LogP contribution in [0.2, 0.25) is 0 Å². The molecule has 0 spiro atoms. The lowest BCUT2D eigenvalue weighted by Gasteiger charge is -2.37. The molecular formula is C18H28N2O5S. The third kappa shape index (κ3) is 4.11. The van der Waals surface area contributed by atoms with E-state index in [1.165, 1.54) is 16.4 Å². The number of likely N-dealkylation sites (tertiary alicyclic amines) is 1. The molecule has 7 nitrogen and oxygen atoms in total. The molecule has 1 aromatic carbocycles. The van der Waals surface area contributed by atoms with E-state index in [9.17, 15) is 18.6 Å². The van der Waals surface area contributed by atoms with Gasteiger partial charge in [-0.05, 0) is 50.4 Å². The minimum absolute atomic E-state index is 0.102. The van der Waals surface area contributed by atoms with Gasteiger partial charge in [-0.3, -0.25) is 0 Å². The molecular weight excluding hydrogens is 356 g/mol. The lowest BCUT2D eigenvalue weighted by Crippen LogP contribution is -2.53. The first-order chi connectivity index (χ1) is 12.3. The number of β-amino-alcohol motifs (C(OH)–C–C–N with tert-alkyl or cyclic N) is 2. The Labute approximate surface area is 154 Å². The SMILES string of the molecule is O=S(=O)(c1ccccc1)N1C[C@@H](O)[C@](O)(CN2CCC(CCO)CC2)C1. The molecule has 0 bridgehead atoms. The minimum atomic E-state index is -3.73. The van der Waals surface area contributed by atoms with Crippen LogP contribution >= 0.6 is 0 Å². The van der Waals surface area contributed by atoms with Crippen molar-refractivity contribution in [1.29, 1.82) is 0 Å². The highest BCUT2D eigenvalue weighted by molar-refractivity contribution is 7.89. The zero-order chi connectivity index (χ0) is 18.8. The number of sulfonamides is 1. The number of nitrogens with zero attached hydrogens (tertiary/aromatic N) is 2. The first-order valence-electron chi connectivity index (χ1n) is 9.14. The molecule has 3 N–H and O–H groups in total. The van der Waals surface area contributed by atoms with Crippen LogP contribution in [0.1, 0.15) is 19.3 Å².